The van der Waals surface area contributed by atoms with E-state index >= 15 is 0 Å². The van der Waals surface area contributed by atoms with Crippen LogP contribution in [0.4, 0.5) is 0 Å². The van der Waals surface area contributed by atoms with Gasteiger partial charge in [-0.15, -0.1) is 0 Å². The van der Waals surface area contributed by atoms with Gasteiger partial charge in [-0.3, -0.25) is 0 Å². The fourth-order valence-electron chi connectivity index (χ4n) is 2.92. The molecule has 1 aromatic heterocycles. The van der Waals surface area contributed by atoms with E-state index in [1.165, 1.54) is 25.6 Å². The van der Waals surface area contributed by atoms with Gasteiger partial charge in [-0.1, -0.05) is 26.2 Å². The minimum Gasteiger partial charge on any atom is -0.385 e. The van der Waals surface area contributed by atoms with Crippen LogP contribution in [0.3, 0.4) is 0 Å². The van der Waals surface area contributed by atoms with E-state index in [0.29, 0.717) is 0 Å². The molecule has 0 radical (unpaired) electrons. The summed E-state index contributed by atoms with van der Waals surface area (Å²) < 4.78 is 0. The first-order chi connectivity index (χ1) is 8.24. The lowest BCUT2D eigenvalue weighted by Crippen LogP contribution is -2.25. The van der Waals surface area contributed by atoms with Gasteiger partial charge >= 0.3 is 0 Å². The maximum atomic E-state index is 10.7. The zero-order valence-electron chi connectivity index (χ0n) is 10.6. The van der Waals surface area contributed by atoms with Crippen LogP contribution in [0.1, 0.15) is 57.4 Å². The zero-order valence-corrected chi connectivity index (χ0v) is 10.6. The highest BCUT2D eigenvalue weighted by Gasteiger charge is 2.32. The molecule has 1 heterocycles. The summed E-state index contributed by atoms with van der Waals surface area (Å²) in [4.78, 5) is 8.04. The Morgan fingerprint density at radius 3 is 2.76 bits per heavy atom. The molecule has 1 N–H and O–H groups in total. The minimum absolute atomic E-state index is 0.691. The van der Waals surface area contributed by atoms with Crippen LogP contribution in [0.25, 0.3) is 0 Å². The largest absolute Gasteiger partial charge is 0.385 e. The summed E-state index contributed by atoms with van der Waals surface area (Å²) in [6.07, 6.45) is 12.8. The third kappa shape index (κ3) is 3.03. The maximum absolute atomic E-state index is 10.7. The van der Waals surface area contributed by atoms with E-state index in [0.717, 1.165) is 37.2 Å². The smallest absolute Gasteiger partial charge is 0.115 e. The molecule has 0 saturated heterocycles. The van der Waals surface area contributed by atoms with Gasteiger partial charge in [0.05, 0.1) is 5.60 Å². The Morgan fingerprint density at radius 1 is 1.29 bits per heavy atom. The molecule has 1 saturated carbocycles. The number of rotatable bonds is 3. The lowest BCUT2D eigenvalue weighted by atomic mass is 9.87. The summed E-state index contributed by atoms with van der Waals surface area (Å²) in [6, 6.07) is 0. The van der Waals surface area contributed by atoms with E-state index in [4.69, 9.17) is 0 Å². The molecule has 1 aliphatic carbocycles. The van der Waals surface area contributed by atoms with Crippen molar-refractivity contribution in [3.63, 3.8) is 0 Å². The van der Waals surface area contributed by atoms with E-state index in [1.807, 2.05) is 0 Å². The highest BCUT2D eigenvalue weighted by molar-refractivity contribution is 5.14. The number of aliphatic hydroxyl groups is 1. The van der Waals surface area contributed by atoms with Crippen molar-refractivity contribution in [1.29, 1.82) is 0 Å². The Hall–Kier alpha value is -0.960. The van der Waals surface area contributed by atoms with Crippen LogP contribution in [0.2, 0.25) is 0 Å². The average molecular weight is 234 g/mol. The molecular formula is C14H22N2O. The molecule has 2 rings (SSSR count). The van der Waals surface area contributed by atoms with Gasteiger partial charge < -0.3 is 5.11 Å². The van der Waals surface area contributed by atoms with Crippen LogP contribution in [0.5, 0.6) is 0 Å². The van der Waals surface area contributed by atoms with E-state index in [2.05, 4.69) is 16.9 Å². The maximum Gasteiger partial charge on any atom is 0.115 e. The Bertz CT molecular complexity index is 341. The van der Waals surface area contributed by atoms with Crippen LogP contribution < -0.4 is 0 Å². The van der Waals surface area contributed by atoms with Gasteiger partial charge in [-0.2, -0.15) is 0 Å². The first-order valence-corrected chi connectivity index (χ1v) is 6.72. The van der Waals surface area contributed by atoms with Crippen molar-refractivity contribution in [2.75, 3.05) is 0 Å². The molecule has 94 valence electrons. The van der Waals surface area contributed by atoms with E-state index in [-0.39, 0.29) is 0 Å². The topological polar surface area (TPSA) is 46.0 Å². The Balaban J connectivity index is 2.06. The number of nitrogens with zero attached hydrogens (tertiary/aromatic N) is 2. The van der Waals surface area contributed by atoms with Crippen LogP contribution in [0.15, 0.2) is 18.7 Å². The van der Waals surface area contributed by atoms with Gasteiger partial charge in [0.15, 0.2) is 0 Å². The van der Waals surface area contributed by atoms with Crippen molar-refractivity contribution in [1.82, 2.24) is 9.97 Å². The first kappa shape index (κ1) is 12.5. The summed E-state index contributed by atoms with van der Waals surface area (Å²) in [7, 11) is 0. The Labute approximate surface area is 103 Å². The molecule has 1 aromatic rings. The molecule has 3 nitrogen and oxygen atoms in total. The third-order valence-corrected chi connectivity index (χ3v) is 3.96. The van der Waals surface area contributed by atoms with E-state index < -0.39 is 5.60 Å². The highest BCUT2D eigenvalue weighted by Crippen LogP contribution is 2.38. The van der Waals surface area contributed by atoms with Crippen molar-refractivity contribution in [2.45, 2.75) is 57.5 Å². The lowest BCUT2D eigenvalue weighted by molar-refractivity contribution is 0.0189. The number of aromatic nitrogens is 2. The number of hydrogen-bond donors (Lipinski definition) is 1. The highest BCUT2D eigenvalue weighted by atomic mass is 16.3. The molecule has 0 amide bonds. The van der Waals surface area contributed by atoms with Crippen molar-refractivity contribution in [2.24, 2.45) is 5.92 Å². The summed E-state index contributed by atoms with van der Waals surface area (Å²) >= 11 is 0. The summed E-state index contributed by atoms with van der Waals surface area (Å²) in [5.74, 6) is 0.790. The van der Waals surface area contributed by atoms with Crippen molar-refractivity contribution < 1.29 is 5.11 Å². The third-order valence-electron chi connectivity index (χ3n) is 3.96. The van der Waals surface area contributed by atoms with Gasteiger partial charge in [0.1, 0.15) is 6.33 Å². The van der Waals surface area contributed by atoms with Crippen molar-refractivity contribution >= 4 is 0 Å². The Morgan fingerprint density at radius 2 is 2.06 bits per heavy atom. The fraction of sp³-hybridized carbons (Fsp3) is 0.714. The van der Waals surface area contributed by atoms with Gasteiger partial charge in [0, 0.05) is 18.0 Å². The first-order valence-electron chi connectivity index (χ1n) is 6.72. The molecular weight excluding hydrogens is 212 g/mol. The van der Waals surface area contributed by atoms with Crippen molar-refractivity contribution in [3.05, 3.63) is 24.3 Å². The molecule has 0 spiro atoms. The summed E-state index contributed by atoms with van der Waals surface area (Å²) in [6.45, 7) is 2.24. The quantitative estimate of drug-likeness (QED) is 0.818. The minimum atomic E-state index is -0.691. The molecule has 2 unspecified atom stereocenters. The second-order valence-electron chi connectivity index (χ2n) is 5.24. The van der Waals surface area contributed by atoms with Crippen LogP contribution in [-0.4, -0.2) is 15.1 Å². The summed E-state index contributed by atoms with van der Waals surface area (Å²) in [5, 5.41) is 10.7. The molecule has 1 fully saturated rings. The normalized spacial score (nSPS) is 29.9. The monoisotopic (exact) mass is 234 g/mol. The predicted molar refractivity (Wildman–Crippen MR) is 67.4 cm³/mol. The van der Waals surface area contributed by atoms with Crippen LogP contribution >= 0.6 is 0 Å². The zero-order chi connectivity index (χ0) is 12.1. The SMILES string of the molecule is CCCC1CCCC(O)(c2cncnc2)CC1. The second kappa shape index (κ2) is 5.58. The summed E-state index contributed by atoms with van der Waals surface area (Å²) in [5.41, 5.74) is 0.196. The second-order valence-corrected chi connectivity index (χ2v) is 5.24. The van der Waals surface area contributed by atoms with Gasteiger partial charge in [0.2, 0.25) is 0 Å². The average Bonchev–Trinajstić information content (AvgIpc) is 2.55. The molecule has 2 atom stereocenters. The molecule has 17 heavy (non-hydrogen) atoms. The van der Waals surface area contributed by atoms with E-state index in [9.17, 15) is 5.11 Å². The molecule has 0 bridgehead atoms. The molecule has 0 aliphatic heterocycles. The van der Waals surface area contributed by atoms with Gasteiger partial charge in [-0.25, -0.2) is 9.97 Å². The lowest BCUT2D eigenvalue weighted by Gasteiger charge is -2.26. The number of hydrogen-bond acceptors (Lipinski definition) is 3. The van der Waals surface area contributed by atoms with Gasteiger partial charge in [-0.05, 0) is 31.6 Å². The molecule has 3 heteroatoms. The standard InChI is InChI=1S/C14H22N2O/c1-2-4-12-5-3-7-14(17,8-6-12)13-9-15-11-16-10-13/h9-12,17H,2-8H2,1H3. The van der Waals surface area contributed by atoms with E-state index in [1.54, 1.807) is 12.4 Å². The van der Waals surface area contributed by atoms with Crippen LogP contribution in [0, 0.1) is 5.92 Å². The fourth-order valence-corrected chi connectivity index (χ4v) is 2.92. The Kier molecular flexibility index (Phi) is 4.11. The van der Waals surface area contributed by atoms with Crippen molar-refractivity contribution in [3.8, 4) is 0 Å². The molecule has 0 aromatic carbocycles. The van der Waals surface area contributed by atoms with Gasteiger partial charge in [0.25, 0.3) is 0 Å². The molecule has 1 aliphatic rings. The van der Waals surface area contributed by atoms with Crippen LogP contribution in [-0.2, 0) is 5.60 Å². The predicted octanol–water partition coefficient (Wildman–Crippen LogP) is 3.04.